The smallest absolute Gasteiger partial charge is 0.309 e. The maximum absolute atomic E-state index is 12.3. The van der Waals surface area contributed by atoms with E-state index in [0.29, 0.717) is 6.04 Å². The number of fused-ring (bicyclic) bond motifs is 1. The van der Waals surface area contributed by atoms with Crippen LogP contribution in [-0.2, 0) is 22.6 Å². The molecule has 0 spiro atoms. The molecule has 2 aliphatic rings. The fraction of sp³-hybridized carbons (Fsp3) is 0.600. The Kier molecular flexibility index (Phi) is 5.23. The van der Waals surface area contributed by atoms with Gasteiger partial charge in [0, 0.05) is 24.7 Å². The normalized spacial score (nSPS) is 24.3. The number of carbonyl (C=O) groups excluding carboxylic acids is 1. The molecular formula is C20H29N3O3. The molecule has 0 radical (unpaired) electrons. The SMILES string of the molecule is CC(C)(C)OC(=O)C1CCC(N2Cc3ccc(C(N)=NO)cc3C2)CC1. The molecule has 3 rings (SSSR count). The fourth-order valence-corrected chi connectivity index (χ4v) is 3.96. The highest BCUT2D eigenvalue weighted by molar-refractivity contribution is 5.97. The number of ether oxygens (including phenoxy) is 1. The van der Waals surface area contributed by atoms with E-state index in [-0.39, 0.29) is 17.7 Å². The molecule has 3 N–H and O–H groups in total. The minimum absolute atomic E-state index is 0.0302. The van der Waals surface area contributed by atoms with Crippen molar-refractivity contribution in [1.82, 2.24) is 4.90 Å². The van der Waals surface area contributed by atoms with Gasteiger partial charge in [0.05, 0.1) is 5.92 Å². The second kappa shape index (κ2) is 7.27. The first-order valence-electron chi connectivity index (χ1n) is 9.33. The topological polar surface area (TPSA) is 88.2 Å². The molecule has 1 fully saturated rings. The molecule has 6 heteroatoms. The number of carbonyl (C=O) groups is 1. The Morgan fingerprint density at radius 2 is 1.85 bits per heavy atom. The van der Waals surface area contributed by atoms with E-state index in [0.717, 1.165) is 44.3 Å². The zero-order chi connectivity index (χ0) is 18.9. The fourth-order valence-electron chi connectivity index (χ4n) is 3.96. The average Bonchev–Trinajstić information content (AvgIpc) is 3.02. The van der Waals surface area contributed by atoms with Crippen LogP contribution in [-0.4, -0.2) is 33.6 Å². The Labute approximate surface area is 155 Å². The van der Waals surface area contributed by atoms with Gasteiger partial charge in [-0.3, -0.25) is 9.69 Å². The molecule has 1 heterocycles. The lowest BCUT2D eigenvalue weighted by atomic mass is 9.85. The van der Waals surface area contributed by atoms with E-state index in [4.69, 9.17) is 15.7 Å². The van der Waals surface area contributed by atoms with Crippen molar-refractivity contribution in [1.29, 1.82) is 0 Å². The number of benzene rings is 1. The molecule has 0 amide bonds. The van der Waals surface area contributed by atoms with Crippen LogP contribution in [0.15, 0.2) is 23.4 Å². The maximum Gasteiger partial charge on any atom is 0.309 e. The second-order valence-electron chi connectivity index (χ2n) is 8.41. The third kappa shape index (κ3) is 4.18. The van der Waals surface area contributed by atoms with Crippen molar-refractivity contribution in [3.05, 3.63) is 34.9 Å². The molecule has 0 bridgehead atoms. The first kappa shape index (κ1) is 18.7. The van der Waals surface area contributed by atoms with Crippen molar-refractivity contribution in [2.24, 2.45) is 16.8 Å². The van der Waals surface area contributed by atoms with Crippen LogP contribution in [0.2, 0.25) is 0 Å². The number of nitrogens with zero attached hydrogens (tertiary/aromatic N) is 2. The van der Waals surface area contributed by atoms with Gasteiger partial charge in [0.1, 0.15) is 5.60 Å². The van der Waals surface area contributed by atoms with Gasteiger partial charge in [0.25, 0.3) is 0 Å². The molecule has 6 nitrogen and oxygen atoms in total. The minimum atomic E-state index is -0.415. The van der Waals surface area contributed by atoms with Crippen LogP contribution in [0.4, 0.5) is 0 Å². The van der Waals surface area contributed by atoms with Crippen LogP contribution in [0.3, 0.4) is 0 Å². The van der Waals surface area contributed by atoms with E-state index >= 15 is 0 Å². The monoisotopic (exact) mass is 359 g/mol. The third-order valence-corrected chi connectivity index (χ3v) is 5.31. The predicted molar refractivity (Wildman–Crippen MR) is 99.8 cm³/mol. The molecule has 0 atom stereocenters. The molecule has 1 aromatic rings. The molecule has 1 saturated carbocycles. The van der Waals surface area contributed by atoms with Crippen LogP contribution in [0.25, 0.3) is 0 Å². The Bertz CT molecular complexity index is 701. The summed E-state index contributed by atoms with van der Waals surface area (Å²) in [7, 11) is 0. The summed E-state index contributed by atoms with van der Waals surface area (Å²) in [4.78, 5) is 14.7. The summed E-state index contributed by atoms with van der Waals surface area (Å²) in [5, 5.41) is 11.9. The van der Waals surface area contributed by atoms with E-state index in [1.807, 2.05) is 32.9 Å². The second-order valence-corrected chi connectivity index (χ2v) is 8.41. The highest BCUT2D eigenvalue weighted by atomic mass is 16.6. The van der Waals surface area contributed by atoms with Crippen LogP contribution in [0, 0.1) is 5.92 Å². The van der Waals surface area contributed by atoms with Crippen molar-refractivity contribution < 1.29 is 14.7 Å². The lowest BCUT2D eigenvalue weighted by molar-refractivity contribution is -0.161. The minimum Gasteiger partial charge on any atom is -0.460 e. The molecule has 1 aromatic carbocycles. The van der Waals surface area contributed by atoms with Crippen molar-refractivity contribution >= 4 is 11.8 Å². The van der Waals surface area contributed by atoms with E-state index in [2.05, 4.69) is 16.1 Å². The van der Waals surface area contributed by atoms with Gasteiger partial charge in [0.15, 0.2) is 5.84 Å². The summed E-state index contributed by atoms with van der Waals surface area (Å²) in [5.41, 5.74) is 8.57. The van der Waals surface area contributed by atoms with Crippen molar-refractivity contribution in [2.75, 3.05) is 0 Å². The predicted octanol–water partition coefficient (Wildman–Crippen LogP) is 3.00. The molecule has 1 aliphatic carbocycles. The van der Waals surface area contributed by atoms with Crippen molar-refractivity contribution in [2.45, 2.75) is 71.2 Å². The lowest BCUT2D eigenvalue weighted by Gasteiger charge is -2.34. The van der Waals surface area contributed by atoms with Gasteiger partial charge in [0.2, 0.25) is 0 Å². The summed E-state index contributed by atoms with van der Waals surface area (Å²) in [6.45, 7) is 7.55. The first-order chi connectivity index (χ1) is 12.3. The zero-order valence-corrected chi connectivity index (χ0v) is 15.9. The Balaban J connectivity index is 1.57. The van der Waals surface area contributed by atoms with Crippen molar-refractivity contribution in [3.8, 4) is 0 Å². The van der Waals surface area contributed by atoms with Crippen LogP contribution >= 0.6 is 0 Å². The number of esters is 1. The van der Waals surface area contributed by atoms with Gasteiger partial charge in [-0.2, -0.15) is 0 Å². The largest absolute Gasteiger partial charge is 0.460 e. The lowest BCUT2D eigenvalue weighted by Crippen LogP contribution is -2.37. The highest BCUT2D eigenvalue weighted by Crippen LogP contribution is 2.34. The number of hydrogen-bond acceptors (Lipinski definition) is 5. The molecule has 0 saturated heterocycles. The maximum atomic E-state index is 12.3. The summed E-state index contributed by atoms with van der Waals surface area (Å²) in [5.74, 6) is 0.121. The van der Waals surface area contributed by atoms with Gasteiger partial charge in [-0.25, -0.2) is 0 Å². The third-order valence-electron chi connectivity index (χ3n) is 5.31. The molecule has 0 unspecified atom stereocenters. The Morgan fingerprint density at radius 3 is 2.46 bits per heavy atom. The number of nitrogens with two attached hydrogens (primary N) is 1. The van der Waals surface area contributed by atoms with Gasteiger partial charge in [-0.15, -0.1) is 0 Å². The van der Waals surface area contributed by atoms with Gasteiger partial charge in [-0.1, -0.05) is 17.3 Å². The first-order valence-corrected chi connectivity index (χ1v) is 9.33. The number of rotatable bonds is 3. The quantitative estimate of drug-likeness (QED) is 0.285. The summed E-state index contributed by atoms with van der Waals surface area (Å²) >= 11 is 0. The molecule has 142 valence electrons. The van der Waals surface area contributed by atoms with Crippen molar-refractivity contribution in [3.63, 3.8) is 0 Å². The zero-order valence-electron chi connectivity index (χ0n) is 15.9. The van der Waals surface area contributed by atoms with Gasteiger partial charge < -0.3 is 15.7 Å². The van der Waals surface area contributed by atoms with E-state index in [9.17, 15) is 4.79 Å². The van der Waals surface area contributed by atoms with Crippen LogP contribution < -0.4 is 5.73 Å². The summed E-state index contributed by atoms with van der Waals surface area (Å²) in [6, 6.07) is 6.47. The van der Waals surface area contributed by atoms with Gasteiger partial charge in [-0.05, 0) is 63.6 Å². The molecular weight excluding hydrogens is 330 g/mol. The Hall–Kier alpha value is -2.08. The number of amidine groups is 1. The summed E-state index contributed by atoms with van der Waals surface area (Å²) < 4.78 is 5.54. The van der Waals surface area contributed by atoms with Crippen LogP contribution in [0.5, 0.6) is 0 Å². The number of oxime groups is 1. The van der Waals surface area contributed by atoms with E-state index in [1.54, 1.807) is 0 Å². The van der Waals surface area contributed by atoms with E-state index in [1.165, 1.54) is 11.1 Å². The highest BCUT2D eigenvalue weighted by Gasteiger charge is 2.34. The molecule has 0 aromatic heterocycles. The van der Waals surface area contributed by atoms with E-state index < -0.39 is 5.60 Å². The average molecular weight is 359 g/mol. The number of hydrogen-bond donors (Lipinski definition) is 2. The standard InChI is InChI=1S/C20H29N3O3/c1-20(2,3)26-19(24)13-6-8-17(9-7-13)23-11-15-5-4-14(18(21)22-25)10-16(15)12-23/h4-5,10,13,17,25H,6-9,11-12H2,1-3H3,(H2,21,22). The molecule has 26 heavy (non-hydrogen) atoms. The molecule has 1 aliphatic heterocycles. The van der Waals surface area contributed by atoms with Crippen LogP contribution in [0.1, 0.15) is 63.1 Å². The Morgan fingerprint density at radius 1 is 1.19 bits per heavy atom. The van der Waals surface area contributed by atoms with Gasteiger partial charge >= 0.3 is 5.97 Å². The summed E-state index contributed by atoms with van der Waals surface area (Å²) in [6.07, 6.45) is 3.82.